The molecule has 4 saturated carbocycles. The van der Waals surface area contributed by atoms with Gasteiger partial charge in [-0.2, -0.15) is 0 Å². The second kappa shape index (κ2) is 12.6. The molecule has 0 radical (unpaired) electrons. The summed E-state index contributed by atoms with van der Waals surface area (Å²) in [5, 5.41) is 4.48. The van der Waals surface area contributed by atoms with Crippen LogP contribution in [-0.2, 0) is 10.8 Å². The van der Waals surface area contributed by atoms with Crippen LogP contribution >= 0.6 is 0 Å². The van der Waals surface area contributed by atoms with Crippen molar-refractivity contribution < 1.29 is 4.42 Å². The van der Waals surface area contributed by atoms with Crippen molar-refractivity contribution in [1.29, 1.82) is 0 Å². The zero-order valence-corrected chi connectivity index (χ0v) is 34.1. The summed E-state index contributed by atoms with van der Waals surface area (Å²) in [5.74, 6) is 4.63. The summed E-state index contributed by atoms with van der Waals surface area (Å²) >= 11 is 0. The minimum atomic E-state index is -0.154. The van der Waals surface area contributed by atoms with E-state index in [-0.39, 0.29) is 5.41 Å². The molecule has 2 heterocycles. The third kappa shape index (κ3) is 5.19. The number of para-hydroxylation sites is 1. The van der Waals surface area contributed by atoms with Crippen LogP contribution in [0.25, 0.3) is 89.1 Å². The fourth-order valence-electron chi connectivity index (χ4n) is 12.6. The molecule has 0 spiro atoms. The number of hydrogen-bond donors (Lipinski definition) is 0. The second-order valence-corrected chi connectivity index (χ2v) is 19.1. The predicted molar refractivity (Wildman–Crippen MR) is 244 cm³/mol. The minimum Gasteiger partial charge on any atom is -0.455 e. The number of furan rings is 1. The number of hydrogen-bond acceptors (Lipinski definition) is 4. The molecule has 0 unspecified atom stereocenters. The first-order valence-corrected chi connectivity index (χ1v) is 21.9. The molecule has 0 N–H and O–H groups in total. The molecule has 7 aromatic carbocycles. The SMILES string of the molecule is CC1(C)c2ccccc2-c2ccc(-c3nc(-c4ccc5ccccc5c4)nc(-c4cc(-c5ccc(C67CC8CC(CC(C8)C6)C7)cc5)cc5c4oc4ccccc45)n3)cc21. The van der Waals surface area contributed by atoms with Gasteiger partial charge in [-0.25, -0.2) is 15.0 Å². The highest BCUT2D eigenvalue weighted by atomic mass is 16.3. The van der Waals surface area contributed by atoms with Crippen LogP contribution in [0.1, 0.15) is 69.1 Å². The van der Waals surface area contributed by atoms with E-state index < -0.39 is 0 Å². The van der Waals surface area contributed by atoms with Crippen molar-refractivity contribution in [1.82, 2.24) is 15.0 Å². The first kappa shape index (κ1) is 34.5. The lowest BCUT2D eigenvalue weighted by molar-refractivity contribution is -0.00518. The lowest BCUT2D eigenvalue weighted by Crippen LogP contribution is -2.48. The van der Waals surface area contributed by atoms with Crippen molar-refractivity contribution in [3.05, 3.63) is 162 Å². The topological polar surface area (TPSA) is 51.8 Å². The normalized spacial score (nSPS) is 22.1. The Labute approximate surface area is 350 Å². The van der Waals surface area contributed by atoms with Gasteiger partial charge in [-0.1, -0.05) is 129 Å². The van der Waals surface area contributed by atoms with Gasteiger partial charge in [0.25, 0.3) is 0 Å². The van der Waals surface area contributed by atoms with E-state index in [0.29, 0.717) is 22.9 Å². The second-order valence-electron chi connectivity index (χ2n) is 19.1. The number of aromatic nitrogens is 3. The number of rotatable bonds is 5. The zero-order valence-electron chi connectivity index (χ0n) is 34.1. The Morgan fingerprint density at radius 2 is 1.08 bits per heavy atom. The molecule has 4 nitrogen and oxygen atoms in total. The van der Waals surface area contributed by atoms with E-state index in [1.54, 1.807) is 5.56 Å². The van der Waals surface area contributed by atoms with Gasteiger partial charge < -0.3 is 4.42 Å². The van der Waals surface area contributed by atoms with Crippen molar-refractivity contribution in [3.63, 3.8) is 0 Å². The molecule has 0 saturated heterocycles. The van der Waals surface area contributed by atoms with E-state index in [2.05, 4.69) is 153 Å². The van der Waals surface area contributed by atoms with Crippen LogP contribution in [0.2, 0.25) is 0 Å². The highest BCUT2D eigenvalue weighted by Gasteiger charge is 2.51. The van der Waals surface area contributed by atoms with Gasteiger partial charge in [-0.15, -0.1) is 0 Å². The van der Waals surface area contributed by atoms with E-state index in [4.69, 9.17) is 19.4 Å². The summed E-state index contributed by atoms with van der Waals surface area (Å²) in [6.45, 7) is 4.64. The Morgan fingerprint density at radius 3 is 1.87 bits per heavy atom. The van der Waals surface area contributed by atoms with Crippen molar-refractivity contribution >= 4 is 32.7 Å². The Kier molecular flexibility index (Phi) is 7.22. The third-order valence-electron chi connectivity index (χ3n) is 15.1. The lowest BCUT2D eigenvalue weighted by Gasteiger charge is -2.57. The first-order chi connectivity index (χ1) is 29.3. The highest BCUT2D eigenvalue weighted by Crippen LogP contribution is 2.61. The summed E-state index contributed by atoms with van der Waals surface area (Å²) in [7, 11) is 0. The van der Waals surface area contributed by atoms with E-state index >= 15 is 0 Å². The minimum absolute atomic E-state index is 0.154. The predicted octanol–water partition coefficient (Wildman–Crippen LogP) is 14.4. The lowest BCUT2D eigenvalue weighted by atomic mass is 9.48. The molecule has 2 aromatic heterocycles. The molecule has 9 aromatic rings. The van der Waals surface area contributed by atoms with E-state index in [0.717, 1.165) is 67.3 Å². The molecule has 4 bridgehead atoms. The van der Waals surface area contributed by atoms with E-state index in [1.165, 1.54) is 71.7 Å². The maximum Gasteiger partial charge on any atom is 0.167 e. The van der Waals surface area contributed by atoms with Gasteiger partial charge in [0.2, 0.25) is 0 Å². The molecular weight excluding hydrogens is 731 g/mol. The van der Waals surface area contributed by atoms with Crippen LogP contribution < -0.4 is 0 Å². The molecule has 0 aliphatic heterocycles. The van der Waals surface area contributed by atoms with Crippen molar-refractivity contribution in [2.45, 2.75) is 63.2 Å². The molecule has 4 heteroatoms. The number of fused-ring (bicyclic) bond motifs is 7. The van der Waals surface area contributed by atoms with E-state index in [1.807, 2.05) is 6.07 Å². The number of benzene rings is 7. The molecule has 14 rings (SSSR count). The number of nitrogens with zero attached hydrogens (tertiary/aromatic N) is 3. The Bertz CT molecular complexity index is 3190. The molecule has 4 fully saturated rings. The quantitative estimate of drug-likeness (QED) is 0.175. The molecule has 5 aliphatic carbocycles. The molecule has 290 valence electrons. The van der Waals surface area contributed by atoms with Gasteiger partial charge in [0.05, 0.1) is 5.56 Å². The Balaban J connectivity index is 0.996. The molecular formula is C56H45N3O. The van der Waals surface area contributed by atoms with Crippen LogP contribution in [0.5, 0.6) is 0 Å². The van der Waals surface area contributed by atoms with Gasteiger partial charge in [-0.3, -0.25) is 0 Å². The average Bonchev–Trinajstić information content (AvgIpc) is 3.77. The summed E-state index contributed by atoms with van der Waals surface area (Å²) in [6, 6.07) is 53.0. The van der Waals surface area contributed by atoms with Crippen LogP contribution in [0.15, 0.2) is 150 Å². The van der Waals surface area contributed by atoms with Gasteiger partial charge in [0, 0.05) is 27.3 Å². The molecule has 0 atom stereocenters. The molecule has 60 heavy (non-hydrogen) atoms. The summed E-state index contributed by atoms with van der Waals surface area (Å²) in [4.78, 5) is 16.0. The fourth-order valence-corrected chi connectivity index (χ4v) is 12.6. The van der Waals surface area contributed by atoms with Crippen LogP contribution in [0.3, 0.4) is 0 Å². The van der Waals surface area contributed by atoms with Gasteiger partial charge in [0.15, 0.2) is 17.5 Å². The van der Waals surface area contributed by atoms with Crippen molar-refractivity contribution in [2.75, 3.05) is 0 Å². The van der Waals surface area contributed by atoms with Crippen molar-refractivity contribution in [3.8, 4) is 56.4 Å². The maximum absolute atomic E-state index is 6.76. The zero-order chi connectivity index (χ0) is 39.7. The van der Waals surface area contributed by atoms with Crippen LogP contribution in [0.4, 0.5) is 0 Å². The third-order valence-corrected chi connectivity index (χ3v) is 15.1. The standard InChI is InChI=1S/C56H45N3O/c1-55(2)48-13-7-5-11-43(48)44-22-19-40(29-49(44)55)53-57-52(39-16-15-36-9-3-4-10-38(36)26-39)58-54(59-53)47-28-41(27-46-45-12-6-8-14-50(45)60-51(46)47)37-17-20-42(21-18-37)56-30-33-23-34(31-56)25-35(24-33)32-56/h3-22,26-29,33-35H,23-25,30-32H2,1-2H3. The largest absolute Gasteiger partial charge is 0.455 e. The van der Waals surface area contributed by atoms with Gasteiger partial charge >= 0.3 is 0 Å². The average molecular weight is 776 g/mol. The molecule has 0 amide bonds. The summed E-state index contributed by atoms with van der Waals surface area (Å²) < 4.78 is 6.76. The summed E-state index contributed by atoms with van der Waals surface area (Å²) in [5.41, 5.74) is 13.7. The fraction of sp³-hybridized carbons (Fsp3) is 0.232. The Morgan fingerprint density at radius 1 is 0.467 bits per heavy atom. The monoisotopic (exact) mass is 775 g/mol. The Hall–Kier alpha value is -6.39. The van der Waals surface area contributed by atoms with Gasteiger partial charge in [0.1, 0.15) is 11.2 Å². The first-order valence-electron chi connectivity index (χ1n) is 21.9. The molecule has 5 aliphatic rings. The van der Waals surface area contributed by atoms with Crippen LogP contribution in [-0.4, -0.2) is 15.0 Å². The van der Waals surface area contributed by atoms with Crippen molar-refractivity contribution in [2.24, 2.45) is 17.8 Å². The maximum atomic E-state index is 6.76. The highest BCUT2D eigenvalue weighted by molar-refractivity contribution is 6.11. The van der Waals surface area contributed by atoms with Crippen LogP contribution in [0, 0.1) is 17.8 Å². The smallest absolute Gasteiger partial charge is 0.167 e. The van der Waals surface area contributed by atoms with Gasteiger partial charge in [-0.05, 0) is 142 Å². The van der Waals surface area contributed by atoms with E-state index in [9.17, 15) is 0 Å². The summed E-state index contributed by atoms with van der Waals surface area (Å²) in [6.07, 6.45) is 8.47.